The summed E-state index contributed by atoms with van der Waals surface area (Å²) in [6.07, 6.45) is 0.675. The Labute approximate surface area is 125 Å². The van der Waals surface area contributed by atoms with E-state index in [1.807, 2.05) is 0 Å². The molecule has 0 aliphatic carbocycles. The second-order valence-corrected chi connectivity index (χ2v) is 7.19. The van der Waals surface area contributed by atoms with Crippen LogP contribution < -0.4 is 0 Å². The summed E-state index contributed by atoms with van der Waals surface area (Å²) in [5, 5.41) is 0. The molecule has 5 unspecified atom stereocenters. The molecule has 1 aromatic rings. The zero-order valence-electron chi connectivity index (χ0n) is 12.6. The Balaban J connectivity index is 2.17. The average Bonchev–Trinajstić information content (AvgIpc) is 2.62. The van der Waals surface area contributed by atoms with Crippen molar-refractivity contribution in [3.63, 3.8) is 0 Å². The lowest BCUT2D eigenvalue weighted by Crippen LogP contribution is -2.21. The van der Waals surface area contributed by atoms with E-state index in [1.165, 1.54) is 11.1 Å². The molecule has 5 atom stereocenters. The number of benzene rings is 1. The SMILES string of the molecule is CC(C)c1ccc(C(Br)C2C(C)OC(C)C2C)cc1. The molecule has 0 aromatic heterocycles. The summed E-state index contributed by atoms with van der Waals surface area (Å²) in [5.74, 6) is 1.72. The van der Waals surface area contributed by atoms with Crippen LogP contribution in [0.4, 0.5) is 0 Å². The van der Waals surface area contributed by atoms with Crippen molar-refractivity contribution in [2.75, 3.05) is 0 Å². The quantitative estimate of drug-likeness (QED) is 0.685. The number of halogens is 1. The van der Waals surface area contributed by atoms with E-state index in [4.69, 9.17) is 4.74 Å². The van der Waals surface area contributed by atoms with Gasteiger partial charge in [0.05, 0.1) is 12.2 Å². The number of alkyl halides is 1. The summed E-state index contributed by atoms with van der Waals surface area (Å²) in [6.45, 7) is 11.1. The van der Waals surface area contributed by atoms with Crippen molar-refractivity contribution in [2.24, 2.45) is 11.8 Å². The minimum absolute atomic E-state index is 0.319. The first kappa shape index (κ1) is 15.1. The van der Waals surface area contributed by atoms with Crippen LogP contribution in [-0.2, 0) is 4.74 Å². The van der Waals surface area contributed by atoms with E-state index in [-0.39, 0.29) is 0 Å². The topological polar surface area (TPSA) is 9.23 Å². The van der Waals surface area contributed by atoms with Crippen LogP contribution in [0.25, 0.3) is 0 Å². The smallest absolute Gasteiger partial charge is 0.0596 e. The molecule has 1 heterocycles. The molecule has 1 fully saturated rings. The second-order valence-electron chi connectivity index (χ2n) is 6.21. The van der Waals surface area contributed by atoms with Crippen molar-refractivity contribution in [3.05, 3.63) is 35.4 Å². The summed E-state index contributed by atoms with van der Waals surface area (Å²) >= 11 is 3.90. The van der Waals surface area contributed by atoms with Gasteiger partial charge in [-0.2, -0.15) is 0 Å². The maximum absolute atomic E-state index is 5.96. The van der Waals surface area contributed by atoms with Crippen molar-refractivity contribution in [1.82, 2.24) is 0 Å². The van der Waals surface area contributed by atoms with E-state index >= 15 is 0 Å². The second kappa shape index (κ2) is 5.97. The van der Waals surface area contributed by atoms with E-state index in [9.17, 15) is 0 Å². The van der Waals surface area contributed by atoms with Crippen molar-refractivity contribution in [3.8, 4) is 0 Å². The minimum atomic E-state index is 0.319. The molecule has 1 aliphatic heterocycles. The molecule has 19 heavy (non-hydrogen) atoms. The lowest BCUT2D eigenvalue weighted by molar-refractivity contribution is 0.0511. The highest BCUT2D eigenvalue weighted by Gasteiger charge is 2.41. The molecule has 0 amide bonds. The fraction of sp³-hybridized carbons (Fsp3) is 0.647. The van der Waals surface area contributed by atoms with Gasteiger partial charge < -0.3 is 4.74 Å². The summed E-state index contributed by atoms with van der Waals surface area (Å²) in [6, 6.07) is 9.03. The van der Waals surface area contributed by atoms with Gasteiger partial charge in [-0.1, -0.05) is 61.0 Å². The Morgan fingerprint density at radius 1 is 0.947 bits per heavy atom. The van der Waals surface area contributed by atoms with E-state index in [0.717, 1.165) is 0 Å². The summed E-state index contributed by atoms with van der Waals surface area (Å²) in [4.78, 5) is 0.378. The van der Waals surface area contributed by atoms with Gasteiger partial charge in [0.15, 0.2) is 0 Å². The Hall–Kier alpha value is -0.340. The van der Waals surface area contributed by atoms with Gasteiger partial charge >= 0.3 is 0 Å². The first-order chi connectivity index (χ1) is 8.91. The summed E-state index contributed by atoms with van der Waals surface area (Å²) < 4.78 is 5.96. The van der Waals surface area contributed by atoms with Gasteiger partial charge in [-0.15, -0.1) is 0 Å². The van der Waals surface area contributed by atoms with Crippen LogP contribution in [-0.4, -0.2) is 12.2 Å². The molecule has 1 saturated heterocycles. The monoisotopic (exact) mass is 324 g/mol. The number of hydrogen-bond acceptors (Lipinski definition) is 1. The third-order valence-electron chi connectivity index (χ3n) is 4.58. The van der Waals surface area contributed by atoms with Crippen molar-refractivity contribution < 1.29 is 4.74 Å². The molecule has 2 rings (SSSR count). The highest BCUT2D eigenvalue weighted by atomic mass is 79.9. The molecule has 1 aliphatic rings. The van der Waals surface area contributed by atoms with Gasteiger partial charge in [0.1, 0.15) is 0 Å². The molecule has 0 spiro atoms. The summed E-state index contributed by atoms with van der Waals surface area (Å²) in [5.41, 5.74) is 2.77. The molecule has 106 valence electrons. The fourth-order valence-corrected chi connectivity index (χ4v) is 4.30. The highest BCUT2D eigenvalue weighted by Crippen LogP contribution is 2.45. The number of ether oxygens (including phenoxy) is 1. The van der Waals surface area contributed by atoms with Crippen LogP contribution in [0.3, 0.4) is 0 Å². The van der Waals surface area contributed by atoms with Crippen LogP contribution in [0, 0.1) is 11.8 Å². The first-order valence-electron chi connectivity index (χ1n) is 7.31. The molecule has 2 heteroatoms. The van der Waals surface area contributed by atoms with Gasteiger partial charge in [0.2, 0.25) is 0 Å². The maximum Gasteiger partial charge on any atom is 0.0596 e. The lowest BCUT2D eigenvalue weighted by atomic mass is 9.84. The van der Waals surface area contributed by atoms with E-state index in [1.54, 1.807) is 0 Å². The molecule has 0 radical (unpaired) electrons. The first-order valence-corrected chi connectivity index (χ1v) is 8.22. The zero-order valence-corrected chi connectivity index (χ0v) is 14.1. The predicted molar refractivity (Wildman–Crippen MR) is 84.9 cm³/mol. The van der Waals surface area contributed by atoms with E-state index in [2.05, 4.69) is 74.8 Å². The highest BCUT2D eigenvalue weighted by molar-refractivity contribution is 9.09. The molecular formula is C17H25BrO. The molecule has 0 N–H and O–H groups in total. The van der Waals surface area contributed by atoms with Gasteiger partial charge in [-0.25, -0.2) is 0 Å². The Morgan fingerprint density at radius 2 is 1.47 bits per heavy atom. The van der Waals surface area contributed by atoms with Crippen molar-refractivity contribution >= 4 is 15.9 Å². The molecule has 0 saturated carbocycles. The third-order valence-corrected chi connectivity index (χ3v) is 5.72. The van der Waals surface area contributed by atoms with Gasteiger partial charge in [-0.3, -0.25) is 0 Å². The Kier molecular flexibility index (Phi) is 4.73. The van der Waals surface area contributed by atoms with Crippen LogP contribution in [0.15, 0.2) is 24.3 Å². The molecular weight excluding hydrogens is 300 g/mol. The van der Waals surface area contributed by atoms with Crippen molar-refractivity contribution in [2.45, 2.75) is 57.6 Å². The maximum atomic E-state index is 5.96. The standard InChI is InChI=1S/C17H25BrO/c1-10(2)14-6-8-15(9-7-14)17(18)16-11(3)12(4)19-13(16)5/h6-13,16-17H,1-5H3. The Bertz CT molecular complexity index is 412. The Morgan fingerprint density at radius 3 is 1.89 bits per heavy atom. The van der Waals surface area contributed by atoms with Crippen LogP contribution in [0.1, 0.15) is 56.5 Å². The number of rotatable bonds is 3. The summed E-state index contributed by atoms with van der Waals surface area (Å²) in [7, 11) is 0. The lowest BCUT2D eigenvalue weighted by Gasteiger charge is -2.25. The van der Waals surface area contributed by atoms with Crippen LogP contribution in [0.5, 0.6) is 0 Å². The molecule has 0 bridgehead atoms. The molecule has 1 nitrogen and oxygen atoms in total. The zero-order chi connectivity index (χ0) is 14.2. The third kappa shape index (κ3) is 3.05. The van der Waals surface area contributed by atoms with Gasteiger partial charge in [0.25, 0.3) is 0 Å². The fourth-order valence-electron chi connectivity index (χ4n) is 3.09. The normalized spacial score (nSPS) is 32.8. The van der Waals surface area contributed by atoms with Gasteiger partial charge in [0, 0.05) is 10.7 Å². The number of hydrogen-bond donors (Lipinski definition) is 0. The minimum Gasteiger partial charge on any atom is -0.375 e. The van der Waals surface area contributed by atoms with Crippen LogP contribution in [0.2, 0.25) is 0 Å². The van der Waals surface area contributed by atoms with E-state index in [0.29, 0.717) is 34.8 Å². The van der Waals surface area contributed by atoms with Gasteiger partial charge in [-0.05, 0) is 36.8 Å². The largest absolute Gasteiger partial charge is 0.375 e. The predicted octanol–water partition coefficient (Wildman–Crippen LogP) is 5.31. The average molecular weight is 325 g/mol. The van der Waals surface area contributed by atoms with E-state index < -0.39 is 0 Å². The van der Waals surface area contributed by atoms with Crippen molar-refractivity contribution in [1.29, 1.82) is 0 Å². The van der Waals surface area contributed by atoms with Crippen LogP contribution >= 0.6 is 15.9 Å². The molecule has 1 aromatic carbocycles.